The topological polar surface area (TPSA) is 55.9 Å². The fourth-order valence-corrected chi connectivity index (χ4v) is 3.43. The Morgan fingerprint density at radius 1 is 0.885 bits per heavy atom. The van der Waals surface area contributed by atoms with Crippen LogP contribution in [0.3, 0.4) is 0 Å². The van der Waals surface area contributed by atoms with E-state index in [4.69, 9.17) is 0 Å². The zero-order chi connectivity index (χ0) is 18.4. The van der Waals surface area contributed by atoms with Crippen LogP contribution in [0.15, 0.2) is 24.3 Å². The van der Waals surface area contributed by atoms with Gasteiger partial charge in [0.15, 0.2) is 0 Å². The first kappa shape index (κ1) is 18.8. The van der Waals surface area contributed by atoms with Gasteiger partial charge in [-0.2, -0.15) is 0 Å². The molecule has 2 aliphatic rings. The molecule has 0 radical (unpaired) electrons. The summed E-state index contributed by atoms with van der Waals surface area (Å²) in [7, 11) is 0. The van der Waals surface area contributed by atoms with Crippen LogP contribution in [-0.4, -0.2) is 78.9 Å². The zero-order valence-electron chi connectivity index (χ0n) is 15.1. The average Bonchev–Trinajstić information content (AvgIpc) is 3.18. The fourth-order valence-electron chi connectivity index (χ4n) is 3.43. The van der Waals surface area contributed by atoms with Gasteiger partial charge in [-0.05, 0) is 30.5 Å². The number of halogens is 1. The first-order valence-corrected chi connectivity index (χ1v) is 9.34. The molecule has 0 unspecified atom stereocenters. The molecule has 6 nitrogen and oxygen atoms in total. The van der Waals surface area contributed by atoms with Crippen molar-refractivity contribution in [2.45, 2.75) is 19.4 Å². The molecule has 2 fully saturated rings. The third-order valence-electron chi connectivity index (χ3n) is 5.05. The lowest BCUT2D eigenvalue weighted by Crippen LogP contribution is -2.51. The van der Waals surface area contributed by atoms with Crippen molar-refractivity contribution in [3.63, 3.8) is 0 Å². The van der Waals surface area contributed by atoms with Crippen LogP contribution in [0, 0.1) is 5.82 Å². The molecule has 7 heteroatoms. The van der Waals surface area contributed by atoms with Crippen molar-refractivity contribution in [3.05, 3.63) is 35.6 Å². The molecular formula is C19H27FN4O2. The van der Waals surface area contributed by atoms with E-state index in [1.165, 1.54) is 12.1 Å². The highest BCUT2D eigenvalue weighted by molar-refractivity contribution is 5.79. The number of nitrogens with one attached hydrogen (secondary N) is 1. The van der Waals surface area contributed by atoms with Crippen molar-refractivity contribution >= 4 is 11.8 Å². The second-order valence-electron chi connectivity index (χ2n) is 7.04. The lowest BCUT2D eigenvalue weighted by molar-refractivity contribution is -0.132. The van der Waals surface area contributed by atoms with Crippen LogP contribution >= 0.6 is 0 Å². The molecule has 0 atom stereocenters. The van der Waals surface area contributed by atoms with Gasteiger partial charge in [0, 0.05) is 45.8 Å². The fraction of sp³-hybridized carbons (Fsp3) is 0.579. The number of piperazine rings is 1. The standard InChI is InChI=1S/C19H27FN4O2/c20-17-5-3-16(4-6-17)13-21-18(25)14-22-9-11-23(12-10-22)15-19(26)24-7-1-2-8-24/h3-6H,1-2,7-15H2,(H,21,25). The van der Waals surface area contributed by atoms with Crippen molar-refractivity contribution in [3.8, 4) is 0 Å². The number of likely N-dealkylation sites (tertiary alicyclic amines) is 1. The molecular weight excluding hydrogens is 335 g/mol. The largest absolute Gasteiger partial charge is 0.351 e. The minimum absolute atomic E-state index is 0.0316. The highest BCUT2D eigenvalue weighted by Gasteiger charge is 2.24. The molecule has 0 saturated carbocycles. The summed E-state index contributed by atoms with van der Waals surface area (Å²) in [6.07, 6.45) is 2.24. The number of hydrogen-bond donors (Lipinski definition) is 1. The number of carbonyl (C=O) groups excluding carboxylic acids is 2. The van der Waals surface area contributed by atoms with Crippen molar-refractivity contribution in [2.75, 3.05) is 52.4 Å². The Morgan fingerprint density at radius 2 is 1.46 bits per heavy atom. The van der Waals surface area contributed by atoms with E-state index in [1.54, 1.807) is 12.1 Å². The van der Waals surface area contributed by atoms with Crippen molar-refractivity contribution in [1.82, 2.24) is 20.0 Å². The molecule has 1 N–H and O–H groups in total. The van der Waals surface area contributed by atoms with Gasteiger partial charge in [-0.25, -0.2) is 4.39 Å². The number of hydrogen-bond acceptors (Lipinski definition) is 4. The van der Waals surface area contributed by atoms with Crippen LogP contribution in [0.25, 0.3) is 0 Å². The van der Waals surface area contributed by atoms with E-state index >= 15 is 0 Å². The summed E-state index contributed by atoms with van der Waals surface area (Å²) in [5.41, 5.74) is 0.880. The monoisotopic (exact) mass is 362 g/mol. The molecule has 1 aromatic rings. The Bertz CT molecular complexity index is 608. The van der Waals surface area contributed by atoms with E-state index < -0.39 is 0 Å². The van der Waals surface area contributed by atoms with Crippen LogP contribution in [0.4, 0.5) is 4.39 Å². The summed E-state index contributed by atoms with van der Waals surface area (Å²) in [5.74, 6) is -0.0786. The molecule has 26 heavy (non-hydrogen) atoms. The van der Waals surface area contributed by atoms with Gasteiger partial charge in [-0.3, -0.25) is 19.4 Å². The summed E-state index contributed by atoms with van der Waals surface area (Å²) >= 11 is 0. The Kier molecular flexibility index (Phi) is 6.57. The summed E-state index contributed by atoms with van der Waals surface area (Å²) in [6, 6.07) is 6.13. The Morgan fingerprint density at radius 3 is 2.08 bits per heavy atom. The van der Waals surface area contributed by atoms with Crippen molar-refractivity contribution < 1.29 is 14.0 Å². The van der Waals surface area contributed by atoms with Gasteiger partial charge in [-0.1, -0.05) is 12.1 Å². The van der Waals surface area contributed by atoms with Crippen LogP contribution < -0.4 is 5.32 Å². The van der Waals surface area contributed by atoms with E-state index in [0.717, 1.165) is 57.7 Å². The minimum Gasteiger partial charge on any atom is -0.351 e. The second kappa shape index (κ2) is 9.09. The van der Waals surface area contributed by atoms with E-state index in [2.05, 4.69) is 15.1 Å². The predicted molar refractivity (Wildman–Crippen MR) is 96.9 cm³/mol. The molecule has 142 valence electrons. The molecule has 1 aromatic carbocycles. The number of amides is 2. The van der Waals surface area contributed by atoms with Crippen molar-refractivity contribution in [1.29, 1.82) is 0 Å². The molecule has 2 aliphatic heterocycles. The normalized spacial score (nSPS) is 18.9. The van der Waals surface area contributed by atoms with Crippen LogP contribution in [0.2, 0.25) is 0 Å². The van der Waals surface area contributed by atoms with E-state index in [1.807, 2.05) is 4.90 Å². The van der Waals surface area contributed by atoms with E-state index in [-0.39, 0.29) is 17.6 Å². The maximum atomic E-state index is 12.9. The molecule has 0 aromatic heterocycles. The first-order chi connectivity index (χ1) is 12.6. The number of nitrogens with zero attached hydrogens (tertiary/aromatic N) is 3. The van der Waals surface area contributed by atoms with Gasteiger partial charge in [0.2, 0.25) is 11.8 Å². The highest BCUT2D eigenvalue weighted by atomic mass is 19.1. The van der Waals surface area contributed by atoms with Gasteiger partial charge >= 0.3 is 0 Å². The maximum absolute atomic E-state index is 12.9. The third kappa shape index (κ3) is 5.51. The zero-order valence-corrected chi connectivity index (χ0v) is 15.1. The molecule has 2 heterocycles. The second-order valence-corrected chi connectivity index (χ2v) is 7.04. The lowest BCUT2D eigenvalue weighted by Gasteiger charge is -2.34. The summed E-state index contributed by atoms with van der Waals surface area (Å²) in [4.78, 5) is 30.5. The molecule has 2 saturated heterocycles. The molecule has 3 rings (SSSR count). The molecule has 0 aliphatic carbocycles. The SMILES string of the molecule is O=C(CN1CCN(CC(=O)N2CCCC2)CC1)NCc1ccc(F)cc1. The van der Waals surface area contributed by atoms with Crippen molar-refractivity contribution in [2.24, 2.45) is 0 Å². The van der Waals surface area contributed by atoms with Gasteiger partial charge in [0.1, 0.15) is 5.82 Å². The summed E-state index contributed by atoms with van der Waals surface area (Å²) < 4.78 is 12.9. The molecule has 0 spiro atoms. The van der Waals surface area contributed by atoms with Gasteiger partial charge in [-0.15, -0.1) is 0 Å². The smallest absolute Gasteiger partial charge is 0.236 e. The van der Waals surface area contributed by atoms with E-state index in [9.17, 15) is 14.0 Å². The quantitative estimate of drug-likeness (QED) is 0.809. The van der Waals surface area contributed by atoms with Gasteiger partial charge in [0.25, 0.3) is 0 Å². The minimum atomic E-state index is -0.277. The summed E-state index contributed by atoms with van der Waals surface area (Å²) in [5, 5.41) is 2.87. The van der Waals surface area contributed by atoms with Crippen LogP contribution in [0.5, 0.6) is 0 Å². The van der Waals surface area contributed by atoms with Gasteiger partial charge < -0.3 is 10.2 Å². The highest BCUT2D eigenvalue weighted by Crippen LogP contribution is 2.09. The van der Waals surface area contributed by atoms with Gasteiger partial charge in [0.05, 0.1) is 13.1 Å². The number of rotatable bonds is 6. The Hall–Kier alpha value is -1.99. The van der Waals surface area contributed by atoms with Crippen LogP contribution in [0.1, 0.15) is 18.4 Å². The number of benzene rings is 1. The first-order valence-electron chi connectivity index (χ1n) is 9.34. The Labute approximate surface area is 153 Å². The average molecular weight is 362 g/mol. The summed E-state index contributed by atoms with van der Waals surface area (Å²) in [6.45, 7) is 6.24. The number of carbonyl (C=O) groups is 2. The van der Waals surface area contributed by atoms with E-state index in [0.29, 0.717) is 19.6 Å². The third-order valence-corrected chi connectivity index (χ3v) is 5.05. The lowest BCUT2D eigenvalue weighted by atomic mass is 10.2. The predicted octanol–water partition coefficient (Wildman–Crippen LogP) is 0.682. The molecule has 0 bridgehead atoms. The van der Waals surface area contributed by atoms with Crippen LogP contribution in [-0.2, 0) is 16.1 Å². The maximum Gasteiger partial charge on any atom is 0.236 e. The Balaban J connectivity index is 1.33. The molecule has 2 amide bonds.